The van der Waals surface area contributed by atoms with Crippen LogP contribution in [-0.4, -0.2) is 13.5 Å². The number of hydrogen-bond acceptors (Lipinski definition) is 1. The molecule has 0 N–H and O–H groups in total. The van der Waals surface area contributed by atoms with E-state index in [0.29, 0.717) is 0 Å². The Labute approximate surface area is 87.5 Å². The Morgan fingerprint density at radius 2 is 1.69 bits per heavy atom. The maximum Gasteiger partial charge on any atom is 0.515 e. The molecule has 0 spiro atoms. The summed E-state index contributed by atoms with van der Waals surface area (Å²) in [5.74, 6) is 0.250. The van der Waals surface area contributed by atoms with Crippen LogP contribution < -0.4 is 4.74 Å². The lowest BCUT2D eigenvalue weighted by Gasteiger charge is -2.14. The summed E-state index contributed by atoms with van der Waals surface area (Å²) in [5.41, 5.74) is 0. The van der Waals surface area contributed by atoms with Gasteiger partial charge in [-0.25, -0.2) is 0 Å². The summed E-state index contributed by atoms with van der Waals surface area (Å²) < 4.78 is 40.8. The van der Waals surface area contributed by atoms with Gasteiger partial charge in [-0.3, -0.25) is 0 Å². The molecule has 6 heteroatoms. The van der Waals surface area contributed by atoms with Gasteiger partial charge in [-0.2, -0.15) is 0 Å². The topological polar surface area (TPSA) is 9.23 Å². The zero-order valence-electron chi connectivity index (χ0n) is 6.51. The molecular formula is C7H6BF3IO-. The van der Waals surface area contributed by atoms with E-state index in [1.807, 2.05) is 0 Å². The molecule has 1 aromatic rings. The van der Waals surface area contributed by atoms with Crippen LogP contribution in [0.25, 0.3) is 0 Å². The van der Waals surface area contributed by atoms with Crippen LogP contribution in [0.4, 0.5) is 12.9 Å². The van der Waals surface area contributed by atoms with Gasteiger partial charge in [0.15, 0.2) is 0 Å². The third kappa shape index (κ3) is 4.40. The van der Waals surface area contributed by atoms with Crippen molar-refractivity contribution in [3.8, 4) is 5.75 Å². The Bertz CT molecular complexity index is 272. The van der Waals surface area contributed by atoms with Crippen LogP contribution in [0.2, 0.25) is 0 Å². The van der Waals surface area contributed by atoms with Crippen molar-refractivity contribution in [3.63, 3.8) is 0 Å². The van der Waals surface area contributed by atoms with Crippen LogP contribution in [0, 0.1) is 3.57 Å². The van der Waals surface area contributed by atoms with Gasteiger partial charge in [0.05, 0.1) is 6.51 Å². The highest BCUT2D eigenvalue weighted by molar-refractivity contribution is 14.1. The molecule has 0 saturated carbocycles. The number of benzene rings is 1. The first-order valence-corrected chi connectivity index (χ1v) is 4.64. The molecule has 72 valence electrons. The average Bonchev–Trinajstić information content (AvgIpc) is 2.02. The maximum absolute atomic E-state index is 11.8. The second-order valence-corrected chi connectivity index (χ2v) is 3.72. The summed E-state index contributed by atoms with van der Waals surface area (Å²) in [6.07, 6.45) is 0. The van der Waals surface area contributed by atoms with E-state index in [1.54, 1.807) is 12.1 Å². The molecule has 0 unspecified atom stereocenters. The fourth-order valence-electron chi connectivity index (χ4n) is 0.722. The summed E-state index contributed by atoms with van der Waals surface area (Å²) >= 11 is 2.07. The summed E-state index contributed by atoms with van der Waals surface area (Å²) in [7, 11) is 0. The maximum atomic E-state index is 11.8. The van der Waals surface area contributed by atoms with E-state index in [1.165, 1.54) is 12.1 Å². The predicted molar refractivity (Wildman–Crippen MR) is 53.7 cm³/mol. The molecule has 0 aliphatic carbocycles. The van der Waals surface area contributed by atoms with Crippen LogP contribution in [0.3, 0.4) is 0 Å². The molecule has 0 fully saturated rings. The molecule has 0 aliphatic heterocycles. The van der Waals surface area contributed by atoms with Crippen molar-refractivity contribution in [2.24, 2.45) is 0 Å². The van der Waals surface area contributed by atoms with Crippen molar-refractivity contribution >= 4 is 29.6 Å². The lowest BCUT2D eigenvalue weighted by Crippen LogP contribution is -2.26. The van der Waals surface area contributed by atoms with Crippen molar-refractivity contribution in [2.45, 2.75) is 0 Å². The molecule has 0 aromatic heterocycles. The quantitative estimate of drug-likeness (QED) is 0.616. The standard InChI is InChI=1S/C7H6BF3IO/c9-8(10,11)5-13-7-3-1-6(12)2-4-7/h1-4H,5H2/q-1. The first kappa shape index (κ1) is 10.7. The Kier molecular flexibility index (Phi) is 3.46. The van der Waals surface area contributed by atoms with Crippen LogP contribution in [0.15, 0.2) is 24.3 Å². The molecule has 1 rings (SSSR count). The largest absolute Gasteiger partial charge is 0.522 e. The number of rotatable bonds is 3. The third-order valence-corrected chi connectivity index (χ3v) is 1.97. The van der Waals surface area contributed by atoms with Crippen LogP contribution in [0.1, 0.15) is 0 Å². The monoisotopic (exact) mass is 301 g/mol. The van der Waals surface area contributed by atoms with Gasteiger partial charge in [0.1, 0.15) is 5.75 Å². The van der Waals surface area contributed by atoms with Gasteiger partial charge in [-0.1, -0.05) is 0 Å². The highest BCUT2D eigenvalue weighted by atomic mass is 127. The normalized spacial score (nSPS) is 11.4. The minimum Gasteiger partial charge on any atom is -0.522 e. The molecular weight excluding hydrogens is 295 g/mol. The first-order chi connectivity index (χ1) is 5.97. The Morgan fingerprint density at radius 3 is 2.15 bits per heavy atom. The van der Waals surface area contributed by atoms with E-state index in [-0.39, 0.29) is 5.75 Å². The average molecular weight is 301 g/mol. The minimum atomic E-state index is -4.86. The highest BCUT2D eigenvalue weighted by Crippen LogP contribution is 2.16. The molecule has 0 amide bonds. The van der Waals surface area contributed by atoms with Gasteiger partial charge in [-0.15, -0.1) is 0 Å². The SMILES string of the molecule is F[B-](F)(F)COc1ccc(I)cc1. The van der Waals surface area contributed by atoms with Gasteiger partial charge in [-0.05, 0) is 46.9 Å². The van der Waals surface area contributed by atoms with E-state index in [9.17, 15) is 12.9 Å². The van der Waals surface area contributed by atoms with Crippen LogP contribution >= 0.6 is 22.6 Å². The predicted octanol–water partition coefficient (Wildman–Crippen LogP) is 3.06. The van der Waals surface area contributed by atoms with Gasteiger partial charge < -0.3 is 17.7 Å². The van der Waals surface area contributed by atoms with Gasteiger partial charge >= 0.3 is 6.98 Å². The van der Waals surface area contributed by atoms with Gasteiger partial charge in [0.25, 0.3) is 0 Å². The van der Waals surface area contributed by atoms with Crippen molar-refractivity contribution in [2.75, 3.05) is 6.51 Å². The van der Waals surface area contributed by atoms with E-state index in [4.69, 9.17) is 0 Å². The molecule has 0 bridgehead atoms. The van der Waals surface area contributed by atoms with E-state index >= 15 is 0 Å². The second kappa shape index (κ2) is 4.21. The van der Waals surface area contributed by atoms with E-state index in [0.717, 1.165) is 3.57 Å². The van der Waals surface area contributed by atoms with E-state index < -0.39 is 13.5 Å². The summed E-state index contributed by atoms with van der Waals surface area (Å²) in [6, 6.07) is 6.42. The number of ether oxygens (including phenoxy) is 1. The molecule has 0 saturated heterocycles. The summed E-state index contributed by atoms with van der Waals surface area (Å²) in [4.78, 5) is 0. The Morgan fingerprint density at radius 1 is 1.15 bits per heavy atom. The van der Waals surface area contributed by atoms with Gasteiger partial charge in [0.2, 0.25) is 0 Å². The molecule has 0 heterocycles. The fourth-order valence-corrected chi connectivity index (χ4v) is 1.08. The highest BCUT2D eigenvalue weighted by Gasteiger charge is 2.23. The fraction of sp³-hybridized carbons (Fsp3) is 0.143. The smallest absolute Gasteiger partial charge is 0.515 e. The third-order valence-electron chi connectivity index (χ3n) is 1.25. The molecule has 0 radical (unpaired) electrons. The zero-order chi connectivity index (χ0) is 9.90. The lowest BCUT2D eigenvalue weighted by atomic mass is 9.95. The van der Waals surface area contributed by atoms with Crippen molar-refractivity contribution < 1.29 is 17.7 Å². The lowest BCUT2D eigenvalue weighted by molar-refractivity contribution is 0.313. The Balaban J connectivity index is 2.51. The minimum absolute atomic E-state index is 0.250. The zero-order valence-corrected chi connectivity index (χ0v) is 8.67. The molecule has 0 aliphatic rings. The van der Waals surface area contributed by atoms with E-state index in [2.05, 4.69) is 27.3 Å². The van der Waals surface area contributed by atoms with Crippen molar-refractivity contribution in [1.29, 1.82) is 0 Å². The Hall–Kier alpha value is -0.395. The first-order valence-electron chi connectivity index (χ1n) is 3.57. The molecule has 1 aromatic carbocycles. The molecule has 0 atom stereocenters. The second-order valence-electron chi connectivity index (χ2n) is 2.48. The number of halogens is 4. The van der Waals surface area contributed by atoms with Crippen LogP contribution in [0.5, 0.6) is 5.75 Å². The van der Waals surface area contributed by atoms with Crippen molar-refractivity contribution in [1.82, 2.24) is 0 Å². The van der Waals surface area contributed by atoms with Crippen molar-refractivity contribution in [3.05, 3.63) is 27.8 Å². The van der Waals surface area contributed by atoms with Crippen LogP contribution in [-0.2, 0) is 0 Å². The summed E-state index contributed by atoms with van der Waals surface area (Å²) in [5, 5.41) is 0. The summed E-state index contributed by atoms with van der Waals surface area (Å²) in [6.45, 7) is -6.04. The number of hydrogen-bond donors (Lipinski definition) is 0. The molecule has 13 heavy (non-hydrogen) atoms. The van der Waals surface area contributed by atoms with Gasteiger partial charge in [0, 0.05) is 3.57 Å². The molecule has 1 nitrogen and oxygen atoms in total.